The third-order valence-electron chi connectivity index (χ3n) is 5.25. The monoisotopic (exact) mass is 367 g/mol. The molecule has 4 nitrogen and oxygen atoms in total. The van der Waals surface area contributed by atoms with Crippen molar-refractivity contribution in [2.24, 2.45) is 0 Å². The van der Waals surface area contributed by atoms with Crippen LogP contribution >= 0.6 is 0 Å². The van der Waals surface area contributed by atoms with Gasteiger partial charge in [-0.2, -0.15) is 0 Å². The maximum absolute atomic E-state index is 5.93. The van der Waals surface area contributed by atoms with Crippen LogP contribution < -0.4 is 4.74 Å². The Kier molecular flexibility index (Phi) is 4.17. The molecule has 0 amide bonds. The zero-order chi connectivity index (χ0) is 18.9. The van der Waals surface area contributed by atoms with Gasteiger partial charge in [0.25, 0.3) is 0 Å². The van der Waals surface area contributed by atoms with E-state index in [1.807, 2.05) is 12.1 Å². The predicted octanol–water partition coefficient (Wildman–Crippen LogP) is 5.23. The highest BCUT2D eigenvalue weighted by Crippen LogP contribution is 2.39. The van der Waals surface area contributed by atoms with E-state index in [0.29, 0.717) is 6.61 Å². The van der Waals surface area contributed by atoms with Crippen molar-refractivity contribution >= 4 is 0 Å². The molecule has 4 heteroatoms. The Bertz CT molecular complexity index is 1110. The number of hydrogen-bond acceptors (Lipinski definition) is 3. The van der Waals surface area contributed by atoms with E-state index in [1.165, 1.54) is 5.56 Å². The number of hydrogen-bond donors (Lipinski definition) is 0. The molecule has 0 spiro atoms. The molecule has 5 rings (SSSR count). The van der Waals surface area contributed by atoms with E-state index in [0.717, 1.165) is 52.6 Å². The lowest BCUT2D eigenvalue weighted by Crippen LogP contribution is -2.07. The second kappa shape index (κ2) is 6.97. The van der Waals surface area contributed by atoms with Crippen molar-refractivity contribution in [1.29, 1.82) is 0 Å². The molecule has 0 bridgehead atoms. The maximum Gasteiger partial charge on any atom is 0.148 e. The predicted molar refractivity (Wildman–Crippen MR) is 111 cm³/mol. The minimum absolute atomic E-state index is 0.593. The summed E-state index contributed by atoms with van der Waals surface area (Å²) in [5.74, 6) is 1.72. The lowest BCUT2D eigenvalue weighted by Gasteiger charge is -2.11. The number of benzene rings is 2. The number of ether oxygens (including phenoxy) is 1. The third kappa shape index (κ3) is 2.78. The molecular weight excluding hydrogens is 346 g/mol. The van der Waals surface area contributed by atoms with E-state index >= 15 is 0 Å². The van der Waals surface area contributed by atoms with Crippen LogP contribution in [0.4, 0.5) is 0 Å². The fraction of sp³-hybridized carbons (Fsp3) is 0.167. The van der Waals surface area contributed by atoms with Crippen LogP contribution in [-0.2, 0) is 13.0 Å². The molecular formula is C24H21N3O. The third-order valence-corrected chi connectivity index (χ3v) is 5.25. The Balaban J connectivity index is 1.78. The minimum Gasteiger partial charge on any atom is -0.489 e. The topological polar surface area (TPSA) is 39.9 Å². The van der Waals surface area contributed by atoms with E-state index in [4.69, 9.17) is 9.72 Å². The number of nitrogens with zero attached hydrogens (tertiary/aromatic N) is 3. The summed E-state index contributed by atoms with van der Waals surface area (Å²) < 4.78 is 8.21. The summed E-state index contributed by atoms with van der Waals surface area (Å²) in [7, 11) is 0. The van der Waals surface area contributed by atoms with Gasteiger partial charge in [0.1, 0.15) is 18.2 Å². The minimum atomic E-state index is 0.593. The van der Waals surface area contributed by atoms with Gasteiger partial charge in [-0.15, -0.1) is 0 Å². The van der Waals surface area contributed by atoms with Crippen LogP contribution in [-0.4, -0.2) is 21.1 Å². The first kappa shape index (κ1) is 16.8. The molecule has 2 aromatic carbocycles. The number of rotatable bonds is 3. The molecule has 1 aliphatic heterocycles. The van der Waals surface area contributed by atoms with Crippen molar-refractivity contribution in [1.82, 2.24) is 14.5 Å². The summed E-state index contributed by atoms with van der Waals surface area (Å²) in [5, 5.41) is 0. The highest BCUT2D eigenvalue weighted by molar-refractivity contribution is 5.83. The molecule has 0 atom stereocenters. The average molecular weight is 367 g/mol. The van der Waals surface area contributed by atoms with E-state index in [1.54, 1.807) is 12.4 Å². The van der Waals surface area contributed by atoms with Crippen LogP contribution in [0.2, 0.25) is 0 Å². The summed E-state index contributed by atoms with van der Waals surface area (Å²) in [5.41, 5.74) is 6.75. The van der Waals surface area contributed by atoms with Crippen LogP contribution in [0.3, 0.4) is 0 Å². The molecule has 3 heterocycles. The number of aryl methyl sites for hydroxylation is 1. The van der Waals surface area contributed by atoms with Gasteiger partial charge >= 0.3 is 0 Å². The standard InChI is InChI=1S/C24H21N3O/c1-2-17-8-10-18(11-9-17)22-23(19-6-4-3-5-7-19)27-14-15-28-21-16-25-13-12-20(21)24(27)26-22/h3-13,16H,2,14-15H2,1H3. The van der Waals surface area contributed by atoms with Gasteiger partial charge in [-0.3, -0.25) is 4.98 Å². The van der Waals surface area contributed by atoms with Gasteiger partial charge in [0.05, 0.1) is 29.7 Å². The fourth-order valence-corrected chi connectivity index (χ4v) is 3.79. The zero-order valence-corrected chi connectivity index (χ0v) is 15.8. The van der Waals surface area contributed by atoms with Gasteiger partial charge in [-0.05, 0) is 18.1 Å². The van der Waals surface area contributed by atoms with E-state index in [-0.39, 0.29) is 0 Å². The lowest BCUT2D eigenvalue weighted by molar-refractivity contribution is 0.306. The molecule has 1 aliphatic rings. The Morgan fingerprint density at radius 1 is 0.964 bits per heavy atom. The van der Waals surface area contributed by atoms with E-state index in [2.05, 4.69) is 65.0 Å². The molecule has 4 aromatic rings. The molecule has 0 saturated heterocycles. The molecule has 0 aliphatic carbocycles. The van der Waals surface area contributed by atoms with Crippen LogP contribution in [0.25, 0.3) is 33.9 Å². The smallest absolute Gasteiger partial charge is 0.148 e. The van der Waals surface area contributed by atoms with Crippen LogP contribution in [0, 0.1) is 0 Å². The molecule has 0 radical (unpaired) electrons. The van der Waals surface area contributed by atoms with Crippen molar-refractivity contribution in [2.75, 3.05) is 6.61 Å². The quantitative estimate of drug-likeness (QED) is 0.497. The first-order chi connectivity index (χ1) is 13.8. The number of imidazole rings is 1. The number of fused-ring (bicyclic) bond motifs is 3. The maximum atomic E-state index is 5.93. The van der Waals surface area contributed by atoms with Gasteiger partial charge < -0.3 is 9.30 Å². The SMILES string of the molecule is CCc1ccc(-c2nc3n(c2-c2ccccc2)CCOc2cnccc2-3)cc1. The summed E-state index contributed by atoms with van der Waals surface area (Å²) in [6.07, 6.45) is 4.60. The number of aromatic nitrogens is 3. The first-order valence-corrected chi connectivity index (χ1v) is 9.67. The van der Waals surface area contributed by atoms with Crippen molar-refractivity contribution in [3.8, 4) is 39.7 Å². The molecule has 0 unspecified atom stereocenters. The normalized spacial score (nSPS) is 12.6. The van der Waals surface area contributed by atoms with Gasteiger partial charge in [-0.1, -0.05) is 61.5 Å². The van der Waals surface area contributed by atoms with Gasteiger partial charge in [-0.25, -0.2) is 4.98 Å². The Morgan fingerprint density at radius 2 is 1.79 bits per heavy atom. The van der Waals surface area contributed by atoms with E-state index in [9.17, 15) is 0 Å². The summed E-state index contributed by atoms with van der Waals surface area (Å²) in [6.45, 7) is 3.51. The molecule has 28 heavy (non-hydrogen) atoms. The van der Waals surface area contributed by atoms with Gasteiger partial charge in [0, 0.05) is 17.3 Å². The van der Waals surface area contributed by atoms with Crippen LogP contribution in [0.15, 0.2) is 73.1 Å². The number of pyridine rings is 1. The second-order valence-corrected chi connectivity index (χ2v) is 6.92. The molecule has 0 fully saturated rings. The van der Waals surface area contributed by atoms with Crippen LogP contribution in [0.1, 0.15) is 12.5 Å². The molecule has 138 valence electrons. The zero-order valence-electron chi connectivity index (χ0n) is 15.8. The van der Waals surface area contributed by atoms with Crippen LogP contribution in [0.5, 0.6) is 5.75 Å². The highest BCUT2D eigenvalue weighted by Gasteiger charge is 2.24. The van der Waals surface area contributed by atoms with Gasteiger partial charge in [0.15, 0.2) is 0 Å². The fourth-order valence-electron chi connectivity index (χ4n) is 3.79. The molecule has 0 N–H and O–H groups in total. The second-order valence-electron chi connectivity index (χ2n) is 6.92. The molecule has 0 saturated carbocycles. The van der Waals surface area contributed by atoms with E-state index < -0.39 is 0 Å². The molecule has 2 aromatic heterocycles. The summed E-state index contributed by atoms with van der Waals surface area (Å²) >= 11 is 0. The first-order valence-electron chi connectivity index (χ1n) is 9.67. The highest BCUT2D eigenvalue weighted by atomic mass is 16.5. The van der Waals surface area contributed by atoms with Crippen molar-refractivity contribution < 1.29 is 4.74 Å². The summed E-state index contributed by atoms with van der Waals surface area (Å²) in [6, 6.07) is 21.2. The average Bonchev–Trinajstić information content (AvgIpc) is 3.04. The van der Waals surface area contributed by atoms with Crippen molar-refractivity contribution in [3.63, 3.8) is 0 Å². The summed E-state index contributed by atoms with van der Waals surface area (Å²) in [4.78, 5) is 9.32. The van der Waals surface area contributed by atoms with Crippen molar-refractivity contribution in [3.05, 3.63) is 78.6 Å². The Morgan fingerprint density at radius 3 is 2.57 bits per heavy atom. The van der Waals surface area contributed by atoms with Gasteiger partial charge in [0.2, 0.25) is 0 Å². The van der Waals surface area contributed by atoms with Crippen molar-refractivity contribution in [2.45, 2.75) is 19.9 Å². The Hall–Kier alpha value is -3.40. The Labute approximate surface area is 164 Å². The largest absolute Gasteiger partial charge is 0.489 e. The lowest BCUT2D eigenvalue weighted by atomic mass is 10.0.